The number of benzene rings is 2. The van der Waals surface area contributed by atoms with Crippen molar-refractivity contribution in [2.45, 2.75) is 25.0 Å². The molecule has 0 saturated carbocycles. The fourth-order valence-electron chi connectivity index (χ4n) is 4.61. The van der Waals surface area contributed by atoms with Gasteiger partial charge in [0.25, 0.3) is 5.91 Å². The third-order valence-corrected chi connectivity index (χ3v) is 6.35. The maximum atomic E-state index is 12.7. The van der Waals surface area contributed by atoms with Crippen molar-refractivity contribution in [3.8, 4) is 11.1 Å². The molecule has 32 heavy (non-hydrogen) atoms. The summed E-state index contributed by atoms with van der Waals surface area (Å²) in [6.07, 6.45) is 2.61. The number of piperidine rings is 1. The Morgan fingerprint density at radius 2 is 1.66 bits per heavy atom. The van der Waals surface area contributed by atoms with Gasteiger partial charge >= 0.3 is 6.09 Å². The van der Waals surface area contributed by atoms with Crippen LogP contribution in [0.25, 0.3) is 11.1 Å². The molecule has 0 radical (unpaired) electrons. The van der Waals surface area contributed by atoms with E-state index in [0.29, 0.717) is 44.7 Å². The van der Waals surface area contributed by atoms with Crippen molar-refractivity contribution in [3.63, 3.8) is 0 Å². The van der Waals surface area contributed by atoms with Crippen LogP contribution >= 0.6 is 0 Å². The van der Waals surface area contributed by atoms with Crippen molar-refractivity contribution in [2.24, 2.45) is 0 Å². The van der Waals surface area contributed by atoms with Gasteiger partial charge in [-0.25, -0.2) is 4.79 Å². The number of amides is 2. The van der Waals surface area contributed by atoms with Crippen LogP contribution in [0.3, 0.4) is 0 Å². The lowest BCUT2D eigenvalue weighted by Gasteiger charge is -2.37. The van der Waals surface area contributed by atoms with Gasteiger partial charge in [0, 0.05) is 38.7 Å². The highest BCUT2D eigenvalue weighted by Crippen LogP contribution is 2.35. The number of nitrogens with zero attached hydrogens (tertiary/aromatic N) is 3. The average molecular weight is 428 g/mol. The Hall–Kier alpha value is -3.67. The number of carbonyl (C=O) groups is 2. The third kappa shape index (κ3) is 3.96. The number of likely N-dealkylation sites (tertiary alicyclic amines) is 1. The van der Waals surface area contributed by atoms with E-state index < -0.39 is 5.60 Å². The van der Waals surface area contributed by atoms with E-state index in [4.69, 9.17) is 4.74 Å². The van der Waals surface area contributed by atoms with Crippen LogP contribution in [0.4, 0.5) is 4.79 Å². The van der Waals surface area contributed by atoms with Gasteiger partial charge in [-0.1, -0.05) is 60.7 Å². The summed E-state index contributed by atoms with van der Waals surface area (Å²) in [5, 5.41) is 0. The first kappa shape index (κ1) is 20.2. The van der Waals surface area contributed by atoms with E-state index in [2.05, 4.69) is 29.2 Å². The fraction of sp³-hybridized carbons (Fsp3) is 0.269. The van der Waals surface area contributed by atoms with Crippen molar-refractivity contribution >= 4 is 12.0 Å². The van der Waals surface area contributed by atoms with Crippen LogP contribution in [-0.4, -0.2) is 52.0 Å². The highest BCUT2D eigenvalue weighted by molar-refractivity contribution is 5.92. The number of hydrogen-bond donors (Lipinski definition) is 0. The number of carbonyl (C=O) groups excluding carboxylic acids is 2. The molecule has 2 aliphatic rings. The zero-order chi connectivity index (χ0) is 22.0. The van der Waals surface area contributed by atoms with E-state index in [0.717, 1.165) is 16.7 Å². The van der Waals surface area contributed by atoms with Crippen molar-refractivity contribution in [3.05, 3.63) is 90.3 Å². The Kier molecular flexibility index (Phi) is 5.35. The van der Waals surface area contributed by atoms with E-state index in [1.54, 1.807) is 28.1 Å². The molecule has 2 saturated heterocycles. The number of aromatic nitrogens is 1. The number of pyridine rings is 1. The normalized spacial score (nSPS) is 17.4. The molecule has 0 N–H and O–H groups in total. The molecule has 0 atom stereocenters. The molecule has 3 aromatic rings. The molecule has 2 aliphatic heterocycles. The molecule has 3 heterocycles. The topological polar surface area (TPSA) is 62.7 Å². The number of ether oxygens (including phenoxy) is 1. The Morgan fingerprint density at radius 1 is 0.938 bits per heavy atom. The molecule has 0 unspecified atom stereocenters. The molecule has 5 rings (SSSR count). The monoisotopic (exact) mass is 427 g/mol. The van der Waals surface area contributed by atoms with Gasteiger partial charge in [0.15, 0.2) is 0 Å². The Balaban J connectivity index is 1.27. The largest absolute Gasteiger partial charge is 0.441 e. The predicted octanol–water partition coefficient (Wildman–Crippen LogP) is 4.38. The second-order valence-electron chi connectivity index (χ2n) is 8.44. The van der Waals surface area contributed by atoms with Crippen LogP contribution in [0.15, 0.2) is 79.0 Å². The van der Waals surface area contributed by atoms with E-state index in [1.165, 1.54) is 0 Å². The van der Waals surface area contributed by atoms with Gasteiger partial charge < -0.3 is 9.64 Å². The van der Waals surface area contributed by atoms with Gasteiger partial charge in [-0.15, -0.1) is 0 Å². The van der Waals surface area contributed by atoms with E-state index in [1.807, 2.05) is 36.4 Å². The van der Waals surface area contributed by atoms with Crippen molar-refractivity contribution < 1.29 is 14.3 Å². The maximum absolute atomic E-state index is 12.7. The summed E-state index contributed by atoms with van der Waals surface area (Å²) >= 11 is 0. The molecule has 1 spiro atoms. The molecule has 6 nitrogen and oxygen atoms in total. The summed E-state index contributed by atoms with van der Waals surface area (Å²) in [6, 6.07) is 23.7. The predicted molar refractivity (Wildman–Crippen MR) is 121 cm³/mol. The van der Waals surface area contributed by atoms with Crippen molar-refractivity contribution in [2.75, 3.05) is 19.6 Å². The minimum absolute atomic E-state index is 0.0709. The summed E-state index contributed by atoms with van der Waals surface area (Å²) < 4.78 is 5.89. The second kappa shape index (κ2) is 8.46. The first-order chi connectivity index (χ1) is 15.6. The standard InChI is InChI=1S/C26H25N3O3/c30-24(23-12-6-7-15-27-23)28-16-13-26(14-17-28)19-29(25(31)32-26)18-21-10-4-5-11-22(21)20-8-2-1-3-9-20/h1-12,15H,13-14,16-19H2. The minimum atomic E-state index is -0.528. The summed E-state index contributed by atoms with van der Waals surface area (Å²) in [7, 11) is 0. The quantitative estimate of drug-likeness (QED) is 0.620. The Morgan fingerprint density at radius 3 is 2.41 bits per heavy atom. The van der Waals surface area contributed by atoms with Gasteiger partial charge in [0.05, 0.1) is 6.54 Å². The zero-order valence-corrected chi connectivity index (χ0v) is 17.8. The molecule has 1 aromatic heterocycles. The van der Waals surface area contributed by atoms with Crippen LogP contribution in [-0.2, 0) is 11.3 Å². The van der Waals surface area contributed by atoms with Crippen LogP contribution in [0.2, 0.25) is 0 Å². The molecule has 2 amide bonds. The average Bonchev–Trinajstić information content (AvgIpc) is 3.14. The molecule has 0 bridgehead atoms. The fourth-order valence-corrected chi connectivity index (χ4v) is 4.61. The summed E-state index contributed by atoms with van der Waals surface area (Å²) in [5.41, 5.74) is 3.27. The minimum Gasteiger partial charge on any atom is -0.441 e. The highest BCUT2D eigenvalue weighted by atomic mass is 16.6. The van der Waals surface area contributed by atoms with Gasteiger partial charge in [-0.2, -0.15) is 0 Å². The zero-order valence-electron chi connectivity index (χ0n) is 17.8. The lowest BCUT2D eigenvalue weighted by molar-refractivity contribution is 0.00296. The molecule has 162 valence electrons. The van der Waals surface area contributed by atoms with Gasteiger partial charge in [0.1, 0.15) is 11.3 Å². The van der Waals surface area contributed by atoms with E-state index >= 15 is 0 Å². The summed E-state index contributed by atoms with van der Waals surface area (Å²) in [5.74, 6) is -0.0709. The highest BCUT2D eigenvalue weighted by Gasteiger charge is 2.47. The molecule has 2 fully saturated rings. The molecular weight excluding hydrogens is 402 g/mol. The smallest absolute Gasteiger partial charge is 0.410 e. The van der Waals surface area contributed by atoms with Gasteiger partial charge in [0.2, 0.25) is 0 Å². The van der Waals surface area contributed by atoms with E-state index in [9.17, 15) is 9.59 Å². The first-order valence-electron chi connectivity index (χ1n) is 11.0. The lowest BCUT2D eigenvalue weighted by Crippen LogP contribution is -2.48. The first-order valence-corrected chi connectivity index (χ1v) is 11.0. The molecule has 2 aromatic carbocycles. The summed E-state index contributed by atoms with van der Waals surface area (Å²) in [6.45, 7) is 2.15. The Labute approximate surface area is 187 Å². The van der Waals surface area contributed by atoms with Crippen LogP contribution in [0.5, 0.6) is 0 Å². The Bertz CT molecular complexity index is 1110. The van der Waals surface area contributed by atoms with Crippen LogP contribution < -0.4 is 0 Å². The lowest BCUT2D eigenvalue weighted by atomic mass is 9.91. The maximum Gasteiger partial charge on any atom is 0.410 e. The number of rotatable bonds is 4. The second-order valence-corrected chi connectivity index (χ2v) is 8.44. The molecule has 0 aliphatic carbocycles. The van der Waals surface area contributed by atoms with E-state index in [-0.39, 0.29) is 12.0 Å². The van der Waals surface area contributed by atoms with Crippen LogP contribution in [0.1, 0.15) is 28.9 Å². The van der Waals surface area contributed by atoms with Gasteiger partial charge in [-0.3, -0.25) is 14.7 Å². The van der Waals surface area contributed by atoms with Crippen molar-refractivity contribution in [1.82, 2.24) is 14.8 Å². The summed E-state index contributed by atoms with van der Waals surface area (Å²) in [4.78, 5) is 33.2. The SMILES string of the molecule is O=C1OC2(CCN(C(=O)c3ccccn3)CC2)CN1Cc1ccccc1-c1ccccc1. The third-order valence-electron chi connectivity index (χ3n) is 6.35. The molecule has 6 heteroatoms. The van der Waals surface area contributed by atoms with Crippen LogP contribution in [0, 0.1) is 0 Å². The van der Waals surface area contributed by atoms with Gasteiger partial charge in [-0.05, 0) is 28.8 Å². The van der Waals surface area contributed by atoms with Crippen molar-refractivity contribution in [1.29, 1.82) is 0 Å². The molecular formula is C26H25N3O3. The number of hydrogen-bond acceptors (Lipinski definition) is 4.